The molecule has 1 radical (unpaired) electrons. The number of aromatic nitrogens is 2. The Morgan fingerprint density at radius 3 is 2.25 bits per heavy atom. The maximum Gasteiger partial charge on any atom is 0.128 e. The second-order valence-electron chi connectivity index (χ2n) is 13.7. The minimum absolute atomic E-state index is 0. The van der Waals surface area contributed by atoms with Gasteiger partial charge in [-0.25, -0.2) is 0 Å². The topological polar surface area (TPSA) is 62.7 Å². The molecule has 0 aliphatic rings. The van der Waals surface area contributed by atoms with Crippen LogP contribution in [0.25, 0.3) is 66.7 Å². The van der Waals surface area contributed by atoms with Crippen LogP contribution in [0, 0.1) is 56.3 Å². The summed E-state index contributed by atoms with van der Waals surface area (Å²) in [4.78, 5) is 8.56. The molecule has 0 atom stereocenters. The zero-order chi connectivity index (χ0) is 50.6. The van der Waals surface area contributed by atoms with Crippen LogP contribution in [0.4, 0.5) is 0 Å². The van der Waals surface area contributed by atoms with Crippen molar-refractivity contribution in [3.63, 3.8) is 0 Å². The van der Waals surface area contributed by atoms with Crippen LogP contribution in [0.3, 0.4) is 0 Å². The van der Waals surface area contributed by atoms with Gasteiger partial charge in [0.25, 0.3) is 0 Å². The number of aryl methyl sites for hydroxylation is 4. The van der Waals surface area contributed by atoms with Crippen molar-refractivity contribution < 1.29 is 45.1 Å². The van der Waals surface area contributed by atoms with Gasteiger partial charge in [0.05, 0.1) is 18.6 Å². The van der Waals surface area contributed by atoms with Crippen molar-refractivity contribution in [2.45, 2.75) is 54.6 Å². The number of pyridine rings is 2. The minimum Gasteiger partial charge on any atom is -0.500 e. The SMILES string of the molecule is [2H]C([2H])([2H])c1c[c-]c(-c2ccc(C([2H])([2H])[2H])cn2)cc1.[2H]c1cc(C([2H])([2H])C(C)(C)C)cc(C([2H])([2H])[2H])c1-c1cc(-c2[c-]ccc3c2oc2c(-c4ccccc4)cc(C#N)cc23)ncc1C([2H])([2H])[2H].[Ir]. The molecular weight excluding hydrogens is 851 g/mol. The summed E-state index contributed by atoms with van der Waals surface area (Å²) in [5, 5.41) is 11.2. The molecule has 8 aromatic rings. The van der Waals surface area contributed by atoms with Crippen LogP contribution in [0.15, 0.2) is 126 Å². The molecule has 0 N–H and O–H groups in total. The molecule has 55 heavy (non-hydrogen) atoms. The van der Waals surface area contributed by atoms with Gasteiger partial charge in [-0.1, -0.05) is 105 Å². The third kappa shape index (κ3) is 8.68. The zero-order valence-electron chi connectivity index (χ0n) is 45.1. The van der Waals surface area contributed by atoms with Gasteiger partial charge in [-0.15, -0.1) is 53.6 Å². The summed E-state index contributed by atoms with van der Waals surface area (Å²) < 4.78 is 127. The van der Waals surface area contributed by atoms with E-state index in [9.17, 15) is 5.26 Å². The molecule has 5 heteroatoms. The van der Waals surface area contributed by atoms with Gasteiger partial charge < -0.3 is 14.4 Å². The largest absolute Gasteiger partial charge is 0.500 e. The van der Waals surface area contributed by atoms with E-state index in [1.807, 2.05) is 30.3 Å². The third-order valence-electron chi connectivity index (χ3n) is 8.49. The van der Waals surface area contributed by atoms with E-state index in [2.05, 4.69) is 28.2 Å². The Labute approximate surface area is 359 Å². The number of hydrogen-bond donors (Lipinski definition) is 0. The van der Waals surface area contributed by atoms with Gasteiger partial charge in [0, 0.05) is 62.6 Å². The molecule has 0 unspecified atom stereocenters. The van der Waals surface area contributed by atoms with Crippen LogP contribution in [-0.4, -0.2) is 9.97 Å². The molecule has 0 spiro atoms. The van der Waals surface area contributed by atoms with Crippen LogP contribution in [-0.2, 0) is 26.5 Å². The van der Waals surface area contributed by atoms with E-state index in [1.54, 1.807) is 57.2 Å². The summed E-state index contributed by atoms with van der Waals surface area (Å²) in [7, 11) is 0. The number of hydrogen-bond acceptors (Lipinski definition) is 4. The quantitative estimate of drug-likeness (QED) is 0.161. The van der Waals surface area contributed by atoms with Crippen LogP contribution in [0.1, 0.15) is 74.7 Å². The summed E-state index contributed by atoms with van der Waals surface area (Å²) >= 11 is 0. The van der Waals surface area contributed by atoms with Gasteiger partial charge in [0.15, 0.2) is 0 Å². The molecular formula is C50H43IrN3O-2. The van der Waals surface area contributed by atoms with Crippen LogP contribution >= 0.6 is 0 Å². The first-order valence-electron chi connectivity index (χ1n) is 24.5. The van der Waals surface area contributed by atoms with E-state index in [0.29, 0.717) is 49.9 Å². The molecule has 0 saturated heterocycles. The van der Waals surface area contributed by atoms with Crippen LogP contribution in [0.5, 0.6) is 0 Å². The number of fused-ring (bicyclic) bond motifs is 3. The average Bonchev–Trinajstić information content (AvgIpc) is 3.66. The summed E-state index contributed by atoms with van der Waals surface area (Å²) in [5.41, 5.74) is 3.32. The smallest absolute Gasteiger partial charge is 0.128 e. The number of nitrogens with zero attached hydrogens (tertiary/aromatic N) is 3. The van der Waals surface area contributed by atoms with Crippen molar-refractivity contribution >= 4 is 21.9 Å². The first kappa shape index (κ1) is 24.0. The van der Waals surface area contributed by atoms with Gasteiger partial charge in [-0.3, -0.25) is 0 Å². The molecule has 0 aliphatic heterocycles. The predicted octanol–water partition coefficient (Wildman–Crippen LogP) is 13.0. The monoisotopic (exact) mass is 909 g/mol. The normalized spacial score (nSPS) is 16.3. The first-order valence-corrected chi connectivity index (χ1v) is 17.0. The van der Waals surface area contributed by atoms with E-state index in [4.69, 9.17) is 25.0 Å². The molecule has 275 valence electrons. The maximum absolute atomic E-state index is 9.83. The molecule has 0 fully saturated rings. The van der Waals surface area contributed by atoms with Crippen LogP contribution < -0.4 is 0 Å². The molecule has 0 saturated carbocycles. The standard InChI is InChI=1S/C37H31N2O.C13H12N.Ir/c1-23-16-25(20-37(3,4)5)14-15-28(23)31-19-34(39-22-24(31)2)30-13-9-12-29-33-18-26(21-38)17-32(36(33)40-35(29)30)27-10-7-6-8-11-27;1-10-3-6-12(7-4-10)13-8-5-11(2)9-14-13;/h6-12,14-19,22H,20H2,1-5H3;3-6,8-9H,1-2H3;/q2*-1;/i1D3,2D3,15D,20D2;1D3,2D3;. The van der Waals surface area contributed by atoms with Gasteiger partial charge in [-0.2, -0.15) is 5.26 Å². The van der Waals surface area contributed by atoms with Crippen molar-refractivity contribution in [3.05, 3.63) is 167 Å². The van der Waals surface area contributed by atoms with Crippen molar-refractivity contribution in [2.75, 3.05) is 0 Å². The van der Waals surface area contributed by atoms with Crippen molar-refractivity contribution in [3.8, 4) is 50.8 Å². The summed E-state index contributed by atoms with van der Waals surface area (Å²) in [5.74, 6) is 0. The Morgan fingerprint density at radius 2 is 1.56 bits per heavy atom. The Kier molecular flexibility index (Phi) is 7.14. The number of rotatable bonds is 5. The van der Waals surface area contributed by atoms with E-state index < -0.39 is 39.2 Å². The van der Waals surface area contributed by atoms with Crippen molar-refractivity contribution in [2.24, 2.45) is 5.41 Å². The van der Waals surface area contributed by atoms with E-state index in [-0.39, 0.29) is 70.8 Å². The van der Waals surface area contributed by atoms with Crippen molar-refractivity contribution in [1.82, 2.24) is 9.97 Å². The molecule has 4 nitrogen and oxygen atoms in total. The first-order chi connectivity index (χ1) is 32.0. The molecule has 3 heterocycles. The van der Waals surface area contributed by atoms with E-state index in [1.165, 1.54) is 42.6 Å². The van der Waals surface area contributed by atoms with Gasteiger partial charge >= 0.3 is 0 Å². The summed E-state index contributed by atoms with van der Waals surface area (Å²) in [6, 6.07) is 35.8. The van der Waals surface area contributed by atoms with Crippen LogP contribution in [0.2, 0.25) is 0 Å². The number of nitriles is 1. The minimum atomic E-state index is -2.82. The molecule has 8 rings (SSSR count). The van der Waals surface area contributed by atoms with E-state index in [0.717, 1.165) is 11.8 Å². The molecule has 3 aromatic heterocycles. The number of furan rings is 1. The zero-order valence-corrected chi connectivity index (χ0v) is 32.4. The Balaban J connectivity index is 0.000000321. The fourth-order valence-corrected chi connectivity index (χ4v) is 6.09. The molecule has 0 bridgehead atoms. The molecule has 5 aromatic carbocycles. The third-order valence-corrected chi connectivity index (χ3v) is 8.49. The second kappa shape index (κ2) is 16.4. The molecule has 0 amide bonds. The van der Waals surface area contributed by atoms with E-state index >= 15 is 0 Å². The summed E-state index contributed by atoms with van der Waals surface area (Å²) in [6.45, 7) is -4.84. The second-order valence-corrected chi connectivity index (χ2v) is 13.7. The Bertz CT molecular complexity index is 3180. The number of benzene rings is 5. The fourth-order valence-electron chi connectivity index (χ4n) is 6.09. The summed E-state index contributed by atoms with van der Waals surface area (Å²) in [6.07, 6.45) is 0.447. The maximum atomic E-state index is 9.83. The fraction of sp³-hybridized carbons (Fsp3) is 0.180. The van der Waals surface area contributed by atoms with Crippen molar-refractivity contribution in [1.29, 1.82) is 5.26 Å². The molecule has 0 aliphatic carbocycles. The van der Waals surface area contributed by atoms with Gasteiger partial charge in [-0.05, 0) is 94.8 Å². The van der Waals surface area contributed by atoms with Gasteiger partial charge in [0.2, 0.25) is 0 Å². The Hall–Kier alpha value is -5.66. The average molecular weight is 909 g/mol. The predicted molar refractivity (Wildman–Crippen MR) is 222 cm³/mol. The Morgan fingerprint density at radius 1 is 0.764 bits per heavy atom. The van der Waals surface area contributed by atoms with Gasteiger partial charge in [0.1, 0.15) is 5.58 Å².